The van der Waals surface area contributed by atoms with Crippen molar-refractivity contribution in [3.63, 3.8) is 0 Å². The predicted molar refractivity (Wildman–Crippen MR) is 73.8 cm³/mol. The van der Waals surface area contributed by atoms with E-state index in [0.29, 0.717) is 11.8 Å². The first-order valence-electron chi connectivity index (χ1n) is 7.74. The zero-order valence-corrected chi connectivity index (χ0v) is 12.2. The van der Waals surface area contributed by atoms with E-state index in [1.54, 1.807) is 0 Å². The van der Waals surface area contributed by atoms with Crippen molar-refractivity contribution >= 4 is 17.9 Å². The summed E-state index contributed by atoms with van der Waals surface area (Å²) in [5, 5.41) is 1.94. The fourth-order valence-corrected chi connectivity index (χ4v) is 4.84. The topological polar surface area (TPSA) is 98.5 Å². The normalized spacial score (nSPS) is 37.9. The Morgan fingerprint density at radius 1 is 1.05 bits per heavy atom. The van der Waals surface area contributed by atoms with Gasteiger partial charge in [-0.3, -0.25) is 14.9 Å². The highest BCUT2D eigenvalue weighted by molar-refractivity contribution is 5.96. The molecule has 0 radical (unpaired) electrons. The van der Waals surface area contributed by atoms with Gasteiger partial charge in [-0.05, 0) is 62.7 Å². The molecule has 0 aromatic rings. The second kappa shape index (κ2) is 5.31. The Morgan fingerprint density at radius 3 is 2.05 bits per heavy atom. The smallest absolute Gasteiger partial charge is 0.318 e. The molecule has 21 heavy (non-hydrogen) atoms. The summed E-state index contributed by atoms with van der Waals surface area (Å²) >= 11 is 0. The number of imide groups is 1. The van der Waals surface area contributed by atoms with Crippen molar-refractivity contribution in [3.05, 3.63) is 0 Å². The zero-order chi connectivity index (χ0) is 15.1. The Balaban J connectivity index is 1.61. The lowest BCUT2D eigenvalue weighted by molar-refractivity contribution is -0.170. The molecule has 0 aromatic carbocycles. The van der Waals surface area contributed by atoms with Gasteiger partial charge in [0.2, 0.25) is 0 Å². The van der Waals surface area contributed by atoms with Gasteiger partial charge in [0, 0.05) is 0 Å². The number of carbonyl (C=O) groups is 3. The van der Waals surface area contributed by atoms with Gasteiger partial charge in [0.15, 0.2) is 6.10 Å². The highest BCUT2D eigenvalue weighted by Crippen LogP contribution is 2.56. The summed E-state index contributed by atoms with van der Waals surface area (Å²) in [4.78, 5) is 34.7. The number of hydrogen-bond acceptors (Lipinski definition) is 4. The third kappa shape index (κ3) is 2.76. The van der Waals surface area contributed by atoms with Gasteiger partial charge in [-0.1, -0.05) is 0 Å². The lowest BCUT2D eigenvalue weighted by atomic mass is 9.52. The number of nitrogens with two attached hydrogens (primary N) is 1. The molecule has 4 aliphatic carbocycles. The highest BCUT2D eigenvalue weighted by Gasteiger charge is 2.51. The maximum atomic E-state index is 12.4. The van der Waals surface area contributed by atoms with Crippen LogP contribution in [-0.2, 0) is 14.3 Å². The number of ether oxygens (including phenoxy) is 1. The lowest BCUT2D eigenvalue weighted by Crippen LogP contribution is -2.50. The standard InChI is InChI=1S/C15H22N2O4/c1-7(13(18)17-15(16)20)21-14(19)12-10-3-8-2-9(5-10)6-11(12)4-8/h7-12H,2-6H2,1H3,(H3,16,17,18,20)/t7-,8?,9?,10?,11?,12?/m1/s1. The van der Waals surface area contributed by atoms with Gasteiger partial charge in [-0.25, -0.2) is 4.79 Å². The number of primary amides is 1. The minimum Gasteiger partial charge on any atom is -0.452 e. The molecule has 4 aliphatic rings. The van der Waals surface area contributed by atoms with Gasteiger partial charge >= 0.3 is 12.0 Å². The molecule has 0 saturated heterocycles. The second-order valence-corrected chi connectivity index (χ2v) is 6.89. The van der Waals surface area contributed by atoms with Crippen molar-refractivity contribution in [2.24, 2.45) is 35.3 Å². The summed E-state index contributed by atoms with van der Waals surface area (Å²) in [5.74, 6) is 1.39. The minimum absolute atomic E-state index is 0.0679. The first kappa shape index (κ1) is 14.4. The van der Waals surface area contributed by atoms with Gasteiger partial charge in [-0.2, -0.15) is 0 Å². The number of amides is 3. The SMILES string of the molecule is C[C@@H](OC(=O)C1C2CC3CC(C2)CC1C3)C(=O)NC(N)=O. The van der Waals surface area contributed by atoms with Gasteiger partial charge in [0.1, 0.15) is 0 Å². The van der Waals surface area contributed by atoms with E-state index in [4.69, 9.17) is 10.5 Å². The average molecular weight is 294 g/mol. The summed E-state index contributed by atoms with van der Waals surface area (Å²) < 4.78 is 5.28. The molecule has 6 heteroatoms. The monoisotopic (exact) mass is 294 g/mol. The van der Waals surface area contributed by atoms with E-state index in [-0.39, 0.29) is 11.9 Å². The summed E-state index contributed by atoms with van der Waals surface area (Å²) in [6, 6.07) is -0.933. The molecule has 4 fully saturated rings. The van der Waals surface area contributed by atoms with E-state index < -0.39 is 18.0 Å². The average Bonchev–Trinajstić information content (AvgIpc) is 2.36. The van der Waals surface area contributed by atoms with Gasteiger partial charge in [0.25, 0.3) is 5.91 Å². The van der Waals surface area contributed by atoms with E-state index in [2.05, 4.69) is 0 Å². The highest BCUT2D eigenvalue weighted by atomic mass is 16.5. The molecule has 0 spiro atoms. The van der Waals surface area contributed by atoms with Crippen LogP contribution in [0.3, 0.4) is 0 Å². The lowest BCUT2D eigenvalue weighted by Gasteiger charge is -2.53. The van der Waals surface area contributed by atoms with Crippen LogP contribution in [0.1, 0.15) is 39.0 Å². The third-order valence-electron chi connectivity index (χ3n) is 5.41. The maximum Gasteiger partial charge on any atom is 0.318 e. The third-order valence-corrected chi connectivity index (χ3v) is 5.41. The van der Waals surface area contributed by atoms with Crippen LogP contribution in [0.2, 0.25) is 0 Å². The van der Waals surface area contributed by atoms with Crippen LogP contribution in [0.5, 0.6) is 0 Å². The molecule has 116 valence electrons. The van der Waals surface area contributed by atoms with Gasteiger partial charge < -0.3 is 10.5 Å². The molecule has 3 N–H and O–H groups in total. The van der Waals surface area contributed by atoms with Crippen LogP contribution in [0.15, 0.2) is 0 Å². The molecule has 0 aliphatic heterocycles. The Kier molecular flexibility index (Phi) is 3.63. The summed E-state index contributed by atoms with van der Waals surface area (Å²) in [6.45, 7) is 1.46. The van der Waals surface area contributed by atoms with Crippen LogP contribution < -0.4 is 11.1 Å². The molecule has 1 atom stereocenters. The van der Waals surface area contributed by atoms with Crippen LogP contribution in [-0.4, -0.2) is 24.0 Å². The zero-order valence-electron chi connectivity index (χ0n) is 12.2. The van der Waals surface area contributed by atoms with Crippen LogP contribution in [0.4, 0.5) is 4.79 Å². The van der Waals surface area contributed by atoms with E-state index in [9.17, 15) is 14.4 Å². The number of urea groups is 1. The Bertz CT molecular complexity index is 448. The van der Waals surface area contributed by atoms with Crippen LogP contribution in [0, 0.1) is 29.6 Å². The van der Waals surface area contributed by atoms with Crippen molar-refractivity contribution < 1.29 is 19.1 Å². The molecule has 0 heterocycles. The maximum absolute atomic E-state index is 12.4. The number of carbonyl (C=O) groups excluding carboxylic acids is 3. The van der Waals surface area contributed by atoms with E-state index in [1.807, 2.05) is 5.32 Å². The minimum atomic E-state index is -0.984. The molecular formula is C15H22N2O4. The molecule has 0 unspecified atom stereocenters. The number of esters is 1. The fraction of sp³-hybridized carbons (Fsp3) is 0.800. The first-order chi connectivity index (χ1) is 9.94. The Labute approximate surface area is 123 Å². The number of nitrogens with one attached hydrogen (secondary N) is 1. The van der Waals surface area contributed by atoms with Crippen molar-refractivity contribution in [2.45, 2.75) is 45.1 Å². The van der Waals surface area contributed by atoms with Crippen LogP contribution >= 0.6 is 0 Å². The molecular weight excluding hydrogens is 272 g/mol. The number of hydrogen-bond donors (Lipinski definition) is 2. The summed E-state index contributed by atoms with van der Waals surface area (Å²) in [6.07, 6.45) is 4.82. The second-order valence-electron chi connectivity index (χ2n) is 6.89. The molecule has 4 bridgehead atoms. The molecule has 3 amide bonds. The molecule has 0 aromatic heterocycles. The Hall–Kier alpha value is -1.59. The molecule has 4 saturated carbocycles. The van der Waals surface area contributed by atoms with Crippen LogP contribution in [0.25, 0.3) is 0 Å². The van der Waals surface area contributed by atoms with Crippen molar-refractivity contribution in [2.75, 3.05) is 0 Å². The largest absolute Gasteiger partial charge is 0.452 e. The van der Waals surface area contributed by atoms with Crippen molar-refractivity contribution in [1.82, 2.24) is 5.32 Å². The van der Waals surface area contributed by atoms with Gasteiger partial charge in [-0.15, -0.1) is 0 Å². The summed E-state index contributed by atoms with van der Waals surface area (Å²) in [5.41, 5.74) is 4.89. The summed E-state index contributed by atoms with van der Waals surface area (Å²) in [7, 11) is 0. The van der Waals surface area contributed by atoms with E-state index >= 15 is 0 Å². The van der Waals surface area contributed by atoms with E-state index in [1.165, 1.54) is 13.3 Å². The van der Waals surface area contributed by atoms with E-state index in [0.717, 1.165) is 37.5 Å². The van der Waals surface area contributed by atoms with Gasteiger partial charge in [0.05, 0.1) is 5.92 Å². The molecule has 6 nitrogen and oxygen atoms in total. The fourth-order valence-electron chi connectivity index (χ4n) is 4.84. The van der Waals surface area contributed by atoms with Crippen molar-refractivity contribution in [3.8, 4) is 0 Å². The predicted octanol–water partition coefficient (Wildman–Crippen LogP) is 1.19. The Morgan fingerprint density at radius 2 is 1.57 bits per heavy atom. The number of rotatable bonds is 3. The first-order valence-corrected chi connectivity index (χ1v) is 7.74. The quantitative estimate of drug-likeness (QED) is 0.764. The van der Waals surface area contributed by atoms with Crippen molar-refractivity contribution in [1.29, 1.82) is 0 Å². The molecule has 4 rings (SSSR count).